The van der Waals surface area contributed by atoms with Gasteiger partial charge in [0.05, 0.1) is 11.8 Å². The van der Waals surface area contributed by atoms with Crippen molar-refractivity contribution in [2.75, 3.05) is 13.1 Å². The van der Waals surface area contributed by atoms with Crippen LogP contribution in [-0.4, -0.2) is 40.0 Å². The van der Waals surface area contributed by atoms with E-state index >= 15 is 0 Å². The monoisotopic (exact) mass is 280 g/mol. The predicted octanol–water partition coefficient (Wildman–Crippen LogP) is 1.94. The van der Waals surface area contributed by atoms with Crippen molar-refractivity contribution in [1.82, 2.24) is 9.88 Å². The molecule has 1 aliphatic heterocycles. The molecule has 0 aliphatic carbocycles. The normalized spacial score (nSPS) is 16.1. The summed E-state index contributed by atoms with van der Waals surface area (Å²) in [6.45, 7) is 1.09. The number of aliphatic carboxylic acids is 1. The van der Waals surface area contributed by atoms with E-state index in [9.17, 15) is 14.0 Å². The molecule has 20 heavy (non-hydrogen) atoms. The molecule has 1 saturated heterocycles. The average molecular weight is 280 g/mol. The third kappa shape index (κ3) is 3.53. The molecule has 1 fully saturated rings. The van der Waals surface area contributed by atoms with Gasteiger partial charge in [0, 0.05) is 25.7 Å². The van der Waals surface area contributed by atoms with Crippen molar-refractivity contribution < 1.29 is 19.1 Å². The van der Waals surface area contributed by atoms with Gasteiger partial charge in [-0.15, -0.1) is 0 Å². The zero-order valence-electron chi connectivity index (χ0n) is 11.1. The Morgan fingerprint density at radius 2 is 2.10 bits per heavy atom. The van der Waals surface area contributed by atoms with Gasteiger partial charge in [0.1, 0.15) is 0 Å². The fourth-order valence-corrected chi connectivity index (χ4v) is 2.47. The fraction of sp³-hybridized carbons (Fsp3) is 0.500. The zero-order valence-corrected chi connectivity index (χ0v) is 11.1. The van der Waals surface area contributed by atoms with Crippen LogP contribution >= 0.6 is 0 Å². The van der Waals surface area contributed by atoms with Gasteiger partial charge in [-0.3, -0.25) is 14.6 Å². The highest BCUT2D eigenvalue weighted by Crippen LogP contribution is 2.23. The second-order valence-corrected chi connectivity index (χ2v) is 5.02. The van der Waals surface area contributed by atoms with Gasteiger partial charge in [-0.25, -0.2) is 4.39 Å². The maximum absolute atomic E-state index is 13.5. The number of nitrogens with zero attached hydrogens (tertiary/aromatic N) is 2. The Labute approximate surface area is 116 Å². The van der Waals surface area contributed by atoms with E-state index in [1.807, 2.05) is 0 Å². The van der Waals surface area contributed by atoms with Gasteiger partial charge >= 0.3 is 5.97 Å². The molecule has 5 nitrogen and oxygen atoms in total. The van der Waals surface area contributed by atoms with E-state index in [2.05, 4.69) is 4.98 Å². The number of rotatable bonds is 4. The second-order valence-electron chi connectivity index (χ2n) is 5.02. The first-order valence-corrected chi connectivity index (χ1v) is 6.68. The van der Waals surface area contributed by atoms with Gasteiger partial charge in [0.15, 0.2) is 5.82 Å². The molecule has 1 aromatic rings. The van der Waals surface area contributed by atoms with Crippen LogP contribution in [0.4, 0.5) is 4.39 Å². The lowest BCUT2D eigenvalue weighted by molar-refractivity contribution is -0.137. The maximum Gasteiger partial charge on any atom is 0.303 e. The Morgan fingerprint density at radius 3 is 2.70 bits per heavy atom. The van der Waals surface area contributed by atoms with E-state index in [0.29, 0.717) is 25.4 Å². The number of likely N-dealkylation sites (tertiary alicyclic amines) is 1. The highest BCUT2D eigenvalue weighted by atomic mass is 19.1. The lowest BCUT2D eigenvalue weighted by Crippen LogP contribution is -2.39. The lowest BCUT2D eigenvalue weighted by Gasteiger charge is -2.32. The van der Waals surface area contributed by atoms with E-state index in [-0.39, 0.29) is 17.9 Å². The first-order valence-electron chi connectivity index (χ1n) is 6.68. The molecule has 2 heterocycles. The SMILES string of the molecule is O=C(O)CCC1CCN(C(=O)c2ccncc2F)CC1. The molecule has 2 rings (SSSR count). The minimum atomic E-state index is -0.789. The molecule has 1 amide bonds. The van der Waals surface area contributed by atoms with Crippen molar-refractivity contribution in [2.24, 2.45) is 5.92 Å². The molecule has 6 heteroatoms. The van der Waals surface area contributed by atoms with E-state index in [1.165, 1.54) is 12.3 Å². The first-order chi connectivity index (χ1) is 9.58. The van der Waals surface area contributed by atoms with Crippen molar-refractivity contribution in [2.45, 2.75) is 25.7 Å². The zero-order chi connectivity index (χ0) is 14.5. The minimum absolute atomic E-state index is 0.0454. The number of aromatic nitrogens is 1. The van der Waals surface area contributed by atoms with Crippen LogP contribution < -0.4 is 0 Å². The number of hydrogen-bond acceptors (Lipinski definition) is 3. The summed E-state index contributed by atoms with van der Waals surface area (Å²) in [6, 6.07) is 1.38. The molecular weight excluding hydrogens is 263 g/mol. The smallest absolute Gasteiger partial charge is 0.303 e. The number of carbonyl (C=O) groups excluding carboxylic acids is 1. The summed E-state index contributed by atoms with van der Waals surface area (Å²) in [7, 11) is 0. The molecule has 0 atom stereocenters. The molecule has 1 N–H and O–H groups in total. The number of amides is 1. The fourth-order valence-electron chi connectivity index (χ4n) is 2.47. The number of halogens is 1. The topological polar surface area (TPSA) is 70.5 Å². The molecule has 108 valence electrons. The number of carboxylic acids is 1. The molecule has 0 radical (unpaired) electrons. The molecule has 0 bridgehead atoms. The predicted molar refractivity (Wildman–Crippen MR) is 69.7 cm³/mol. The summed E-state index contributed by atoms with van der Waals surface area (Å²) in [5.41, 5.74) is 0.0454. The Bertz CT molecular complexity index is 499. The number of pyridine rings is 1. The van der Waals surface area contributed by atoms with Gasteiger partial charge in [0.25, 0.3) is 5.91 Å². The van der Waals surface area contributed by atoms with Crippen molar-refractivity contribution in [3.8, 4) is 0 Å². The standard InChI is InChI=1S/C14H17FN2O3/c15-12-9-16-6-3-11(12)14(20)17-7-4-10(5-8-17)1-2-13(18)19/h3,6,9-10H,1-2,4-5,7-8H2,(H,18,19). The number of carboxylic acid groups (broad SMARTS) is 1. The van der Waals surface area contributed by atoms with Crippen LogP contribution in [-0.2, 0) is 4.79 Å². The molecule has 0 unspecified atom stereocenters. The molecule has 0 saturated carbocycles. The van der Waals surface area contributed by atoms with E-state index in [0.717, 1.165) is 19.0 Å². The summed E-state index contributed by atoms with van der Waals surface area (Å²) >= 11 is 0. The van der Waals surface area contributed by atoms with Crippen LogP contribution in [0.25, 0.3) is 0 Å². The molecular formula is C14H17FN2O3. The molecule has 1 aliphatic rings. The highest BCUT2D eigenvalue weighted by Gasteiger charge is 2.25. The molecule has 1 aromatic heterocycles. The number of carbonyl (C=O) groups is 2. The minimum Gasteiger partial charge on any atom is -0.481 e. The van der Waals surface area contributed by atoms with Gasteiger partial charge in [0.2, 0.25) is 0 Å². The Morgan fingerprint density at radius 1 is 1.40 bits per heavy atom. The third-order valence-electron chi connectivity index (χ3n) is 3.67. The van der Waals surface area contributed by atoms with E-state index in [4.69, 9.17) is 5.11 Å². The summed E-state index contributed by atoms with van der Waals surface area (Å²) in [5.74, 6) is -1.38. The van der Waals surface area contributed by atoms with Crippen molar-refractivity contribution >= 4 is 11.9 Å². The van der Waals surface area contributed by atoms with Crippen LogP contribution in [0.2, 0.25) is 0 Å². The van der Waals surface area contributed by atoms with E-state index in [1.54, 1.807) is 4.90 Å². The van der Waals surface area contributed by atoms with Crippen LogP contribution in [0.3, 0.4) is 0 Å². The van der Waals surface area contributed by atoms with Gasteiger partial charge < -0.3 is 10.0 Å². The van der Waals surface area contributed by atoms with Crippen LogP contribution in [0.1, 0.15) is 36.0 Å². The summed E-state index contributed by atoms with van der Waals surface area (Å²) < 4.78 is 13.5. The largest absolute Gasteiger partial charge is 0.481 e. The summed E-state index contributed by atoms with van der Waals surface area (Å²) in [6.07, 6.45) is 4.78. The van der Waals surface area contributed by atoms with Gasteiger partial charge in [-0.1, -0.05) is 0 Å². The molecule has 0 spiro atoms. The van der Waals surface area contributed by atoms with E-state index < -0.39 is 11.8 Å². The summed E-state index contributed by atoms with van der Waals surface area (Å²) in [4.78, 5) is 27.9. The highest BCUT2D eigenvalue weighted by molar-refractivity contribution is 5.94. The number of hydrogen-bond donors (Lipinski definition) is 1. The van der Waals surface area contributed by atoms with Crippen LogP contribution in [0.5, 0.6) is 0 Å². The quantitative estimate of drug-likeness (QED) is 0.915. The number of piperidine rings is 1. The Kier molecular flexibility index (Phi) is 4.65. The third-order valence-corrected chi connectivity index (χ3v) is 3.67. The average Bonchev–Trinajstić information content (AvgIpc) is 2.45. The second kappa shape index (κ2) is 6.45. The maximum atomic E-state index is 13.5. The molecule has 0 aromatic carbocycles. The van der Waals surface area contributed by atoms with Crippen LogP contribution in [0, 0.1) is 11.7 Å². The van der Waals surface area contributed by atoms with Crippen molar-refractivity contribution in [1.29, 1.82) is 0 Å². The Balaban J connectivity index is 1.89. The Hall–Kier alpha value is -1.98. The van der Waals surface area contributed by atoms with Gasteiger partial charge in [-0.2, -0.15) is 0 Å². The van der Waals surface area contributed by atoms with Crippen LogP contribution in [0.15, 0.2) is 18.5 Å². The van der Waals surface area contributed by atoms with Gasteiger partial charge in [-0.05, 0) is 31.2 Å². The van der Waals surface area contributed by atoms with Crippen molar-refractivity contribution in [3.05, 3.63) is 29.8 Å². The van der Waals surface area contributed by atoms with Crippen molar-refractivity contribution in [3.63, 3.8) is 0 Å². The first kappa shape index (κ1) is 14.4. The lowest BCUT2D eigenvalue weighted by atomic mass is 9.92. The summed E-state index contributed by atoms with van der Waals surface area (Å²) in [5, 5.41) is 8.65.